The van der Waals surface area contributed by atoms with Crippen LogP contribution in [0.1, 0.15) is 16.7 Å². The minimum absolute atomic E-state index is 0.376. The third-order valence-corrected chi connectivity index (χ3v) is 5.13. The summed E-state index contributed by atoms with van der Waals surface area (Å²) in [6, 6.07) is 15.7. The van der Waals surface area contributed by atoms with Gasteiger partial charge in [0.2, 0.25) is 0 Å². The molecule has 6 heteroatoms. The lowest BCUT2D eigenvalue weighted by atomic mass is 10.1. The Bertz CT molecular complexity index is 831. The van der Waals surface area contributed by atoms with E-state index in [4.69, 9.17) is 0 Å². The molecule has 0 aliphatic heterocycles. The third-order valence-electron chi connectivity index (χ3n) is 3.87. The summed E-state index contributed by atoms with van der Waals surface area (Å²) in [7, 11) is -1.45. The van der Waals surface area contributed by atoms with Crippen LogP contribution in [-0.4, -0.2) is 34.2 Å². The smallest absolute Gasteiger partial charge is 0.191 e. The molecular formula is C19H25N3O2S. The summed E-state index contributed by atoms with van der Waals surface area (Å²) in [6.07, 6.45) is 2.15. The second-order valence-electron chi connectivity index (χ2n) is 5.96. The van der Waals surface area contributed by atoms with Gasteiger partial charge in [-0.1, -0.05) is 42.5 Å². The molecule has 2 N–H and O–H groups in total. The van der Waals surface area contributed by atoms with E-state index in [9.17, 15) is 8.42 Å². The van der Waals surface area contributed by atoms with Crippen LogP contribution in [0, 0.1) is 6.92 Å². The highest BCUT2D eigenvalue weighted by atomic mass is 32.2. The van der Waals surface area contributed by atoms with E-state index >= 15 is 0 Å². The van der Waals surface area contributed by atoms with E-state index in [1.807, 2.05) is 37.3 Å². The van der Waals surface area contributed by atoms with E-state index in [-0.39, 0.29) is 0 Å². The molecule has 0 aliphatic rings. The molecule has 0 fully saturated rings. The Morgan fingerprint density at radius 1 is 1.04 bits per heavy atom. The van der Waals surface area contributed by atoms with Crippen molar-refractivity contribution in [3.63, 3.8) is 0 Å². The minimum Gasteiger partial charge on any atom is -0.356 e. The molecule has 0 atom stereocenters. The molecular weight excluding hydrogens is 334 g/mol. The van der Waals surface area contributed by atoms with Gasteiger partial charge in [-0.05, 0) is 36.1 Å². The van der Waals surface area contributed by atoms with Gasteiger partial charge < -0.3 is 10.6 Å². The number of aryl methyl sites for hydroxylation is 1. The van der Waals surface area contributed by atoms with Crippen molar-refractivity contribution in [2.24, 2.45) is 4.99 Å². The highest BCUT2D eigenvalue weighted by Gasteiger charge is 2.10. The summed E-state index contributed by atoms with van der Waals surface area (Å²) in [5.41, 5.74) is 3.04. The topological polar surface area (TPSA) is 70.6 Å². The van der Waals surface area contributed by atoms with E-state index < -0.39 is 9.84 Å². The van der Waals surface area contributed by atoms with Crippen LogP contribution in [0.25, 0.3) is 0 Å². The molecule has 2 aromatic rings. The van der Waals surface area contributed by atoms with Gasteiger partial charge in [0.15, 0.2) is 15.8 Å². The number of sulfone groups is 1. The molecule has 0 heterocycles. The van der Waals surface area contributed by atoms with Crippen molar-refractivity contribution in [2.45, 2.75) is 24.8 Å². The predicted molar refractivity (Wildman–Crippen MR) is 103 cm³/mol. The Hall–Kier alpha value is -2.34. The van der Waals surface area contributed by atoms with E-state index in [1.165, 1.54) is 11.8 Å². The molecule has 0 bridgehead atoms. The van der Waals surface area contributed by atoms with Crippen LogP contribution in [0.5, 0.6) is 0 Å². The minimum atomic E-state index is -3.18. The van der Waals surface area contributed by atoms with Gasteiger partial charge >= 0.3 is 0 Å². The van der Waals surface area contributed by atoms with E-state index in [0.29, 0.717) is 11.4 Å². The zero-order valence-electron chi connectivity index (χ0n) is 14.9. The summed E-state index contributed by atoms with van der Waals surface area (Å²) in [5.74, 6) is 0.723. The molecule has 2 rings (SSSR count). The molecule has 134 valence electrons. The number of benzene rings is 2. The summed E-state index contributed by atoms with van der Waals surface area (Å²) < 4.78 is 23.3. The molecule has 2 aromatic carbocycles. The molecule has 0 amide bonds. The van der Waals surface area contributed by atoms with Crippen molar-refractivity contribution >= 4 is 15.8 Å². The molecule has 25 heavy (non-hydrogen) atoms. The van der Waals surface area contributed by atoms with Crippen molar-refractivity contribution in [1.82, 2.24) is 10.6 Å². The van der Waals surface area contributed by atoms with Crippen molar-refractivity contribution in [1.29, 1.82) is 0 Å². The Morgan fingerprint density at radius 3 is 2.36 bits per heavy atom. The summed E-state index contributed by atoms with van der Waals surface area (Å²) in [4.78, 5) is 4.59. The zero-order valence-corrected chi connectivity index (χ0v) is 15.7. The Morgan fingerprint density at radius 2 is 1.76 bits per heavy atom. The Kier molecular flexibility index (Phi) is 6.58. The highest BCUT2D eigenvalue weighted by Crippen LogP contribution is 2.16. The average Bonchev–Trinajstić information content (AvgIpc) is 2.57. The van der Waals surface area contributed by atoms with Gasteiger partial charge in [-0.15, -0.1) is 0 Å². The number of hydrogen-bond donors (Lipinski definition) is 2. The summed E-state index contributed by atoms with van der Waals surface area (Å²) >= 11 is 0. The van der Waals surface area contributed by atoms with Gasteiger partial charge in [-0.25, -0.2) is 8.42 Å². The van der Waals surface area contributed by atoms with Crippen LogP contribution in [0.4, 0.5) is 0 Å². The second-order valence-corrected chi connectivity index (χ2v) is 7.94. The maximum absolute atomic E-state index is 11.7. The highest BCUT2D eigenvalue weighted by molar-refractivity contribution is 7.90. The van der Waals surface area contributed by atoms with Crippen LogP contribution in [0.15, 0.2) is 58.4 Å². The standard InChI is InChI=1S/C19H25N3O2S/c1-15-13-17(9-10-18(15)25(3,23)24)14-22-19(20-2)21-12-11-16-7-5-4-6-8-16/h4-10,13H,11-12,14H2,1-3H3,(H2,20,21,22). The number of hydrogen-bond acceptors (Lipinski definition) is 3. The quantitative estimate of drug-likeness (QED) is 0.613. The van der Waals surface area contributed by atoms with Crippen molar-refractivity contribution in [3.05, 3.63) is 65.2 Å². The monoisotopic (exact) mass is 359 g/mol. The third kappa shape index (κ3) is 5.90. The Balaban J connectivity index is 1.87. The SMILES string of the molecule is CN=C(NCCc1ccccc1)NCc1ccc(S(C)(=O)=O)c(C)c1. The molecule has 0 unspecified atom stereocenters. The lowest BCUT2D eigenvalue weighted by Crippen LogP contribution is -2.37. The van der Waals surface area contributed by atoms with Gasteiger partial charge in [-0.2, -0.15) is 0 Å². The number of nitrogens with one attached hydrogen (secondary N) is 2. The lowest BCUT2D eigenvalue weighted by molar-refractivity contribution is 0.601. The van der Waals surface area contributed by atoms with Gasteiger partial charge in [0.1, 0.15) is 0 Å². The number of guanidine groups is 1. The normalized spacial score (nSPS) is 12.0. The molecule has 0 radical (unpaired) electrons. The van der Waals surface area contributed by atoms with Gasteiger partial charge in [-0.3, -0.25) is 4.99 Å². The maximum atomic E-state index is 11.7. The first-order valence-electron chi connectivity index (χ1n) is 8.18. The average molecular weight is 359 g/mol. The van der Waals surface area contributed by atoms with Gasteiger partial charge in [0.05, 0.1) is 4.90 Å². The fourth-order valence-electron chi connectivity index (χ4n) is 2.61. The number of nitrogens with zero attached hydrogens (tertiary/aromatic N) is 1. The van der Waals surface area contributed by atoms with Crippen LogP contribution in [0.2, 0.25) is 0 Å². The molecule has 0 saturated carbocycles. The van der Waals surface area contributed by atoms with Crippen molar-refractivity contribution < 1.29 is 8.42 Å². The van der Waals surface area contributed by atoms with Crippen molar-refractivity contribution in [2.75, 3.05) is 19.8 Å². The molecule has 0 saturated heterocycles. The molecule has 0 spiro atoms. The van der Waals surface area contributed by atoms with Gasteiger partial charge in [0, 0.05) is 26.4 Å². The first-order valence-corrected chi connectivity index (χ1v) is 10.1. The molecule has 5 nitrogen and oxygen atoms in total. The van der Waals surface area contributed by atoms with Crippen LogP contribution < -0.4 is 10.6 Å². The van der Waals surface area contributed by atoms with Crippen molar-refractivity contribution in [3.8, 4) is 0 Å². The first kappa shape index (κ1) is 19.0. The van der Waals surface area contributed by atoms with E-state index in [2.05, 4.69) is 27.8 Å². The van der Waals surface area contributed by atoms with Crippen LogP contribution in [-0.2, 0) is 22.8 Å². The number of rotatable bonds is 6. The van der Waals surface area contributed by atoms with Crippen LogP contribution in [0.3, 0.4) is 0 Å². The lowest BCUT2D eigenvalue weighted by Gasteiger charge is -2.13. The summed E-state index contributed by atoms with van der Waals surface area (Å²) in [6.45, 7) is 3.18. The van der Waals surface area contributed by atoms with Crippen LogP contribution >= 0.6 is 0 Å². The predicted octanol–water partition coefficient (Wildman–Crippen LogP) is 2.31. The van der Waals surface area contributed by atoms with Gasteiger partial charge in [0.25, 0.3) is 0 Å². The zero-order chi connectivity index (χ0) is 18.3. The largest absolute Gasteiger partial charge is 0.356 e. The number of aliphatic imine (C=N–C) groups is 1. The molecule has 0 aliphatic carbocycles. The maximum Gasteiger partial charge on any atom is 0.191 e. The molecule has 0 aromatic heterocycles. The fourth-order valence-corrected chi connectivity index (χ4v) is 3.57. The fraction of sp³-hybridized carbons (Fsp3) is 0.316. The van der Waals surface area contributed by atoms with E-state index in [1.54, 1.807) is 13.1 Å². The summed E-state index contributed by atoms with van der Waals surface area (Å²) in [5, 5.41) is 6.53. The van der Waals surface area contributed by atoms with E-state index in [0.717, 1.165) is 30.1 Å². The first-order chi connectivity index (χ1) is 11.9. The Labute approximate surface area is 150 Å². The second kappa shape index (κ2) is 8.67.